The Morgan fingerprint density at radius 2 is 2.00 bits per heavy atom. The van der Waals surface area contributed by atoms with Gasteiger partial charge in [-0.25, -0.2) is 4.39 Å². The number of nitrogens with zero attached hydrogens (tertiary/aromatic N) is 2. The Kier molecular flexibility index (Phi) is 4.30. The summed E-state index contributed by atoms with van der Waals surface area (Å²) < 4.78 is 12.8. The second kappa shape index (κ2) is 6.14. The summed E-state index contributed by atoms with van der Waals surface area (Å²) in [5.74, 6) is -0.742. The number of pyridine rings is 1. The first kappa shape index (κ1) is 14.0. The molecule has 2 N–H and O–H groups in total. The number of amides is 1. The summed E-state index contributed by atoms with van der Waals surface area (Å²) in [7, 11) is 1.88. The molecule has 0 atom stereocenters. The molecule has 0 bridgehead atoms. The van der Waals surface area contributed by atoms with Gasteiger partial charge < -0.3 is 10.6 Å². The van der Waals surface area contributed by atoms with E-state index in [2.05, 4.69) is 4.98 Å². The van der Waals surface area contributed by atoms with Gasteiger partial charge in [0.1, 0.15) is 5.82 Å². The molecule has 0 aliphatic heterocycles. The largest absolute Gasteiger partial charge is 0.374 e. The van der Waals surface area contributed by atoms with Crippen molar-refractivity contribution in [3.8, 4) is 0 Å². The minimum Gasteiger partial charge on any atom is -0.374 e. The van der Waals surface area contributed by atoms with Gasteiger partial charge >= 0.3 is 0 Å². The lowest BCUT2D eigenvalue weighted by Crippen LogP contribution is -2.24. The Morgan fingerprint density at radius 1 is 1.30 bits per heavy atom. The highest BCUT2D eigenvalue weighted by atomic mass is 19.1. The molecule has 20 heavy (non-hydrogen) atoms. The summed E-state index contributed by atoms with van der Waals surface area (Å²) in [5, 5.41) is 0. The molecule has 0 spiro atoms. The first-order valence-electron chi connectivity index (χ1n) is 6.27. The molecule has 0 saturated heterocycles. The third-order valence-electron chi connectivity index (χ3n) is 3.12. The maximum Gasteiger partial charge on any atom is 0.252 e. The molecule has 0 aliphatic rings. The molecule has 1 heterocycles. The molecule has 104 valence electrons. The number of benzene rings is 1. The second-order valence-corrected chi connectivity index (χ2v) is 4.56. The first-order valence-corrected chi connectivity index (χ1v) is 6.27. The highest BCUT2D eigenvalue weighted by molar-refractivity contribution is 5.98. The Labute approximate surface area is 117 Å². The molecule has 0 unspecified atom stereocenters. The number of likely N-dealkylation sites (N-methyl/N-ethyl adjacent to an activating group) is 1. The molecule has 1 amide bonds. The first-order chi connectivity index (χ1) is 9.58. The van der Waals surface area contributed by atoms with Gasteiger partial charge in [0.2, 0.25) is 0 Å². The number of primary amides is 1. The zero-order chi connectivity index (χ0) is 14.5. The predicted octanol–water partition coefficient (Wildman–Crippen LogP) is 2.00. The zero-order valence-corrected chi connectivity index (χ0v) is 11.2. The molecule has 1 aromatic heterocycles. The molecule has 0 fully saturated rings. The minimum absolute atomic E-state index is 0.243. The van der Waals surface area contributed by atoms with Crippen LogP contribution in [0.2, 0.25) is 0 Å². The summed E-state index contributed by atoms with van der Waals surface area (Å²) in [6, 6.07) is 8.15. The molecule has 2 rings (SSSR count). The summed E-state index contributed by atoms with van der Waals surface area (Å²) in [6.07, 6.45) is 3.83. The van der Waals surface area contributed by atoms with E-state index in [4.69, 9.17) is 5.73 Å². The summed E-state index contributed by atoms with van der Waals surface area (Å²) in [5.41, 5.74) is 7.51. The van der Waals surface area contributed by atoms with Crippen LogP contribution in [0.15, 0.2) is 42.7 Å². The molecular weight excluding hydrogens is 257 g/mol. The van der Waals surface area contributed by atoms with Gasteiger partial charge in [-0.3, -0.25) is 9.78 Å². The highest BCUT2D eigenvalue weighted by Gasteiger charge is 2.11. The number of hydrogen-bond acceptors (Lipinski definition) is 3. The lowest BCUT2D eigenvalue weighted by atomic mass is 10.1. The number of anilines is 1. The zero-order valence-electron chi connectivity index (χ0n) is 11.2. The van der Waals surface area contributed by atoms with Gasteiger partial charge in [0, 0.05) is 26.0 Å². The smallest absolute Gasteiger partial charge is 0.252 e. The summed E-state index contributed by atoms with van der Waals surface area (Å²) in [6.45, 7) is 0.690. The van der Waals surface area contributed by atoms with Crippen molar-refractivity contribution >= 4 is 11.6 Å². The predicted molar refractivity (Wildman–Crippen MR) is 76.1 cm³/mol. The third kappa shape index (κ3) is 3.32. The van der Waals surface area contributed by atoms with Crippen LogP contribution in [-0.4, -0.2) is 24.5 Å². The molecule has 4 nitrogen and oxygen atoms in total. The molecule has 0 aliphatic carbocycles. The number of aromatic nitrogens is 1. The van der Waals surface area contributed by atoms with Gasteiger partial charge in [-0.05, 0) is 30.2 Å². The van der Waals surface area contributed by atoms with E-state index in [0.29, 0.717) is 12.1 Å². The van der Waals surface area contributed by atoms with Crippen LogP contribution in [0.1, 0.15) is 15.9 Å². The van der Waals surface area contributed by atoms with Crippen LogP contribution < -0.4 is 10.6 Å². The van der Waals surface area contributed by atoms with Crippen LogP contribution in [0.5, 0.6) is 0 Å². The number of hydrogen-bond donors (Lipinski definition) is 1. The topological polar surface area (TPSA) is 59.2 Å². The SMILES string of the molecule is CN(CCc1ccc(F)cc1)c1ccncc1C(N)=O. The standard InChI is InChI=1S/C15H16FN3O/c1-19(9-7-11-2-4-12(16)5-3-11)14-6-8-18-10-13(14)15(17)20/h2-6,8,10H,7,9H2,1H3,(H2,17,20). The van der Waals surface area contributed by atoms with Crippen LogP contribution in [0.3, 0.4) is 0 Å². The number of carbonyl (C=O) groups excluding carboxylic acids is 1. The average Bonchev–Trinajstić information content (AvgIpc) is 2.46. The van der Waals surface area contributed by atoms with E-state index >= 15 is 0 Å². The highest BCUT2D eigenvalue weighted by Crippen LogP contribution is 2.17. The number of carbonyl (C=O) groups is 1. The Morgan fingerprint density at radius 3 is 2.65 bits per heavy atom. The fraction of sp³-hybridized carbons (Fsp3) is 0.200. The maximum absolute atomic E-state index is 12.8. The van der Waals surface area contributed by atoms with Crippen molar-refractivity contribution in [3.63, 3.8) is 0 Å². The summed E-state index contributed by atoms with van der Waals surface area (Å²) >= 11 is 0. The van der Waals surface area contributed by atoms with Crippen molar-refractivity contribution in [2.75, 3.05) is 18.5 Å². The van der Waals surface area contributed by atoms with Crippen LogP contribution in [0.4, 0.5) is 10.1 Å². The van der Waals surface area contributed by atoms with Crippen LogP contribution in [0, 0.1) is 5.82 Å². The maximum atomic E-state index is 12.8. The van der Waals surface area contributed by atoms with Gasteiger partial charge in [-0.1, -0.05) is 12.1 Å². The Hall–Kier alpha value is -2.43. The van der Waals surface area contributed by atoms with E-state index in [0.717, 1.165) is 17.7 Å². The fourth-order valence-corrected chi connectivity index (χ4v) is 1.98. The van der Waals surface area contributed by atoms with E-state index in [1.807, 2.05) is 11.9 Å². The van der Waals surface area contributed by atoms with Crippen molar-refractivity contribution < 1.29 is 9.18 Å². The van der Waals surface area contributed by atoms with E-state index in [-0.39, 0.29) is 5.82 Å². The molecule has 2 aromatic rings. The molecule has 1 aromatic carbocycles. The van der Waals surface area contributed by atoms with E-state index in [1.165, 1.54) is 18.3 Å². The third-order valence-corrected chi connectivity index (χ3v) is 3.12. The number of halogens is 1. The van der Waals surface area contributed by atoms with Crippen molar-refractivity contribution in [2.24, 2.45) is 5.73 Å². The fourth-order valence-electron chi connectivity index (χ4n) is 1.98. The Bertz CT molecular complexity index is 598. The van der Waals surface area contributed by atoms with Gasteiger partial charge in [-0.2, -0.15) is 0 Å². The van der Waals surface area contributed by atoms with Crippen molar-refractivity contribution in [3.05, 3.63) is 59.7 Å². The lowest BCUT2D eigenvalue weighted by Gasteiger charge is -2.21. The average molecular weight is 273 g/mol. The number of nitrogens with two attached hydrogens (primary N) is 1. The minimum atomic E-state index is -0.498. The normalized spacial score (nSPS) is 10.3. The molecule has 0 saturated carbocycles. The quantitative estimate of drug-likeness (QED) is 0.906. The lowest BCUT2D eigenvalue weighted by molar-refractivity contribution is 0.100. The van der Waals surface area contributed by atoms with Crippen LogP contribution in [0.25, 0.3) is 0 Å². The van der Waals surface area contributed by atoms with Gasteiger partial charge in [0.15, 0.2) is 0 Å². The van der Waals surface area contributed by atoms with Crippen molar-refractivity contribution in [1.29, 1.82) is 0 Å². The van der Waals surface area contributed by atoms with Gasteiger partial charge in [0.25, 0.3) is 5.91 Å². The molecular formula is C15H16FN3O. The monoisotopic (exact) mass is 273 g/mol. The van der Waals surface area contributed by atoms with E-state index in [9.17, 15) is 9.18 Å². The van der Waals surface area contributed by atoms with Crippen LogP contribution >= 0.6 is 0 Å². The van der Waals surface area contributed by atoms with Gasteiger partial charge in [-0.15, -0.1) is 0 Å². The van der Waals surface area contributed by atoms with E-state index in [1.54, 1.807) is 24.4 Å². The van der Waals surface area contributed by atoms with Gasteiger partial charge in [0.05, 0.1) is 11.3 Å². The molecule has 5 heteroatoms. The van der Waals surface area contributed by atoms with E-state index < -0.39 is 5.91 Å². The molecule has 0 radical (unpaired) electrons. The Balaban J connectivity index is 2.07. The van der Waals surface area contributed by atoms with Crippen molar-refractivity contribution in [1.82, 2.24) is 4.98 Å². The number of rotatable bonds is 5. The van der Waals surface area contributed by atoms with Crippen molar-refractivity contribution in [2.45, 2.75) is 6.42 Å². The second-order valence-electron chi connectivity index (χ2n) is 4.56. The summed E-state index contributed by atoms with van der Waals surface area (Å²) in [4.78, 5) is 17.2. The van der Waals surface area contributed by atoms with Crippen LogP contribution in [-0.2, 0) is 6.42 Å².